The van der Waals surface area contributed by atoms with Gasteiger partial charge in [-0.25, -0.2) is 0 Å². The number of nitrogens with one attached hydrogen (secondary N) is 3. The van der Waals surface area contributed by atoms with Crippen molar-refractivity contribution in [1.29, 1.82) is 5.41 Å². The fourth-order valence-electron chi connectivity index (χ4n) is 5.54. The Morgan fingerprint density at radius 3 is 2.24 bits per heavy atom. The van der Waals surface area contributed by atoms with Crippen molar-refractivity contribution in [2.45, 2.75) is 38.8 Å². The number of carbonyl (C=O) groups is 3. The topological polar surface area (TPSA) is 277 Å². The minimum absolute atomic E-state index is 0.0253. The summed E-state index contributed by atoms with van der Waals surface area (Å²) in [7, 11) is 0. The molecule has 1 heterocycles. The second-order valence-corrected chi connectivity index (χ2v) is 12.8. The number of hydrogen-bond donors (Lipinski definition) is 9. The van der Waals surface area contributed by atoms with E-state index < -0.39 is 6.04 Å². The van der Waals surface area contributed by atoms with Crippen LogP contribution in [0.25, 0.3) is 0 Å². The van der Waals surface area contributed by atoms with Gasteiger partial charge < -0.3 is 64.8 Å². The maximum absolute atomic E-state index is 13.3. The van der Waals surface area contributed by atoms with Crippen LogP contribution in [0.2, 0.25) is 0 Å². The fraction of sp³-hybridized carbons (Fsp3) is 0.300. The highest BCUT2D eigenvalue weighted by Crippen LogP contribution is 2.26. The van der Waals surface area contributed by atoms with Crippen LogP contribution in [-0.2, 0) is 30.4 Å². The lowest BCUT2D eigenvalue weighted by Crippen LogP contribution is -2.36. The number of hydrogen-bond acceptors (Lipinski definition) is 12. The number of carbonyl (C=O) groups excluding carboxylic acids is 3. The molecule has 2 aromatic carbocycles. The zero-order valence-electron chi connectivity index (χ0n) is 31.0. The Balaban J connectivity index is 1.14. The largest absolute Gasteiger partial charge is 0.402 e. The van der Waals surface area contributed by atoms with Gasteiger partial charge in [-0.3, -0.25) is 14.4 Å². The van der Waals surface area contributed by atoms with Crippen molar-refractivity contribution in [2.75, 3.05) is 44.4 Å². The lowest BCUT2D eigenvalue weighted by Gasteiger charge is -2.26. The first-order valence-corrected chi connectivity index (χ1v) is 17.7. The van der Waals surface area contributed by atoms with Crippen molar-refractivity contribution in [3.05, 3.63) is 123 Å². The minimum atomic E-state index is -0.957. The van der Waals surface area contributed by atoms with Crippen LogP contribution < -0.4 is 49.9 Å². The molecule has 0 bridgehead atoms. The maximum Gasteiger partial charge on any atom is 0.227 e. The molecule has 15 N–H and O–H groups in total. The molecule has 4 rings (SSSR count). The van der Waals surface area contributed by atoms with Crippen molar-refractivity contribution >= 4 is 29.1 Å². The number of anilines is 1. The number of rotatable bonds is 14. The van der Waals surface area contributed by atoms with E-state index in [-0.39, 0.29) is 105 Å². The van der Waals surface area contributed by atoms with Crippen LogP contribution in [0.5, 0.6) is 0 Å². The van der Waals surface area contributed by atoms with Crippen LogP contribution in [0, 0.1) is 17.3 Å². The Kier molecular flexibility index (Phi) is 15.2. The van der Waals surface area contributed by atoms with E-state index in [0.717, 1.165) is 22.4 Å². The average molecular weight is 751 g/mol. The molecule has 0 radical (unpaired) electrons. The molecule has 0 fully saturated rings. The second kappa shape index (κ2) is 20.2. The molecule has 0 aromatic heterocycles. The number of nitrogens with two attached hydrogens (primary N) is 6. The van der Waals surface area contributed by atoms with Gasteiger partial charge in [-0.2, -0.15) is 0 Å². The molecule has 3 amide bonds. The lowest BCUT2D eigenvalue weighted by molar-refractivity contribution is -0.125. The molecule has 1 aliphatic heterocycles. The van der Waals surface area contributed by atoms with Gasteiger partial charge in [0.2, 0.25) is 17.7 Å². The summed E-state index contributed by atoms with van der Waals surface area (Å²) in [6.07, 6.45) is 4.47. The van der Waals surface area contributed by atoms with Crippen LogP contribution in [0.15, 0.2) is 106 Å². The van der Waals surface area contributed by atoms with Crippen molar-refractivity contribution in [3.63, 3.8) is 0 Å². The Labute approximate surface area is 321 Å². The molecular formula is C40H50N10O5. The van der Waals surface area contributed by atoms with Gasteiger partial charge in [-0.1, -0.05) is 42.2 Å². The average Bonchev–Trinajstić information content (AvgIpc) is 3.16. The number of allylic oxidation sites excluding steroid dienone is 4. The van der Waals surface area contributed by atoms with E-state index in [1.807, 2.05) is 48.5 Å². The predicted molar refractivity (Wildman–Crippen MR) is 212 cm³/mol. The van der Waals surface area contributed by atoms with E-state index in [9.17, 15) is 14.4 Å². The van der Waals surface area contributed by atoms with Gasteiger partial charge in [-0.15, -0.1) is 0 Å². The number of benzene rings is 2. The van der Waals surface area contributed by atoms with Gasteiger partial charge in [-0.05, 0) is 54.5 Å². The van der Waals surface area contributed by atoms with E-state index in [1.54, 1.807) is 17.9 Å². The molecule has 290 valence electrons. The molecule has 0 spiro atoms. The van der Waals surface area contributed by atoms with E-state index in [0.29, 0.717) is 23.4 Å². The summed E-state index contributed by atoms with van der Waals surface area (Å²) in [4.78, 5) is 40.1. The predicted octanol–water partition coefficient (Wildman–Crippen LogP) is 0.703. The molecule has 0 saturated heterocycles. The van der Waals surface area contributed by atoms with Crippen LogP contribution in [0.4, 0.5) is 5.69 Å². The third-order valence-corrected chi connectivity index (χ3v) is 8.68. The monoisotopic (exact) mass is 750 g/mol. The van der Waals surface area contributed by atoms with Gasteiger partial charge in [0.25, 0.3) is 0 Å². The Morgan fingerprint density at radius 1 is 0.836 bits per heavy atom. The van der Waals surface area contributed by atoms with E-state index in [1.165, 1.54) is 12.2 Å². The van der Waals surface area contributed by atoms with Gasteiger partial charge >= 0.3 is 0 Å². The standard InChI is InChI=1S/C40H50N10O5/c1-25(41)30-20-29(31(42)21-33(44)39(46)40(47)34(45)22-32(30)43)23-49-37(52)14-16-54-18-19-55-17-15-48-36(51)12-13-38(53)50-24-28-8-3-2-6-26(28)10-11-27-7-4-5-9-35(27)50/h2-9,20-22,39,42H,12-19,23-24,41,43-47H2,1H3,(H,48,51)(H,49,52)/b29-20-,30-25-,32-22+,33-21?,40-34?,42-31?. The first-order valence-electron chi connectivity index (χ1n) is 17.7. The molecule has 1 atom stereocenters. The first kappa shape index (κ1) is 41.4. The summed E-state index contributed by atoms with van der Waals surface area (Å²) in [5.41, 5.74) is 41.5. The zero-order chi connectivity index (χ0) is 39.9. The maximum atomic E-state index is 13.3. The lowest BCUT2D eigenvalue weighted by atomic mass is 10.0. The van der Waals surface area contributed by atoms with Crippen LogP contribution >= 0.6 is 0 Å². The first-order chi connectivity index (χ1) is 26.3. The molecule has 55 heavy (non-hydrogen) atoms. The summed E-state index contributed by atoms with van der Waals surface area (Å²) in [5, 5.41) is 14.1. The molecule has 15 nitrogen and oxygen atoms in total. The minimum Gasteiger partial charge on any atom is -0.402 e. The van der Waals surface area contributed by atoms with E-state index in [2.05, 4.69) is 22.5 Å². The van der Waals surface area contributed by atoms with Crippen molar-refractivity contribution in [1.82, 2.24) is 10.6 Å². The number of ether oxygens (including phenoxy) is 2. The molecule has 2 aliphatic rings. The summed E-state index contributed by atoms with van der Waals surface area (Å²) in [5.74, 6) is 5.62. The van der Waals surface area contributed by atoms with E-state index >= 15 is 0 Å². The fourth-order valence-corrected chi connectivity index (χ4v) is 5.54. The number of para-hydroxylation sites is 1. The van der Waals surface area contributed by atoms with Crippen molar-refractivity contribution < 1.29 is 23.9 Å². The third kappa shape index (κ3) is 12.1. The molecule has 0 saturated carbocycles. The Morgan fingerprint density at radius 2 is 1.49 bits per heavy atom. The molecule has 15 heteroatoms. The number of nitrogens with zero attached hydrogens (tertiary/aromatic N) is 1. The normalized spacial score (nSPS) is 18.6. The van der Waals surface area contributed by atoms with Gasteiger partial charge in [0, 0.05) is 66.1 Å². The summed E-state index contributed by atoms with van der Waals surface area (Å²) >= 11 is 0. The molecule has 2 aromatic rings. The molecular weight excluding hydrogens is 701 g/mol. The van der Waals surface area contributed by atoms with Crippen molar-refractivity contribution in [3.8, 4) is 11.8 Å². The molecule has 1 aliphatic carbocycles. The smallest absolute Gasteiger partial charge is 0.227 e. The summed E-state index contributed by atoms with van der Waals surface area (Å²) in [6, 6.07) is 14.3. The highest BCUT2D eigenvalue weighted by atomic mass is 16.5. The Hall–Kier alpha value is -6.34. The quantitative estimate of drug-likeness (QED) is 0.0958. The van der Waals surface area contributed by atoms with Crippen LogP contribution in [-0.4, -0.2) is 69.0 Å². The van der Waals surface area contributed by atoms with Gasteiger partial charge in [0.05, 0.1) is 61.8 Å². The number of fused-ring (bicyclic) bond motifs is 2. The third-order valence-electron chi connectivity index (χ3n) is 8.68. The highest BCUT2D eigenvalue weighted by Gasteiger charge is 2.22. The molecule has 1 unspecified atom stereocenters. The highest BCUT2D eigenvalue weighted by molar-refractivity contribution is 6.07. The SMILES string of the molecule is C/C(N)=C1\C=C(\CNC(=O)CCOCCOCCNC(=O)CCC(=O)N2Cc3ccccc3C#Cc3ccccc32)C(=N)C=C(N)C(N)C(N)=C(N)/C=C\1N. The van der Waals surface area contributed by atoms with E-state index in [4.69, 9.17) is 49.3 Å². The summed E-state index contributed by atoms with van der Waals surface area (Å²) < 4.78 is 11.1. The van der Waals surface area contributed by atoms with Gasteiger partial charge in [0.15, 0.2) is 0 Å². The Bertz CT molecular complexity index is 2000. The second-order valence-electron chi connectivity index (χ2n) is 12.8. The summed E-state index contributed by atoms with van der Waals surface area (Å²) in [6.45, 7) is 3.10. The van der Waals surface area contributed by atoms with Gasteiger partial charge in [0.1, 0.15) is 0 Å². The van der Waals surface area contributed by atoms with Crippen LogP contribution in [0.1, 0.15) is 42.9 Å². The number of amides is 3. The van der Waals surface area contributed by atoms with Crippen molar-refractivity contribution in [2.24, 2.45) is 34.4 Å². The van der Waals surface area contributed by atoms with Crippen LogP contribution in [0.3, 0.4) is 0 Å². The zero-order valence-corrected chi connectivity index (χ0v) is 31.0.